The first-order chi connectivity index (χ1) is 9.24. The fourth-order valence-corrected chi connectivity index (χ4v) is 2.68. The summed E-state index contributed by atoms with van der Waals surface area (Å²) in [5.41, 5.74) is 6.71. The van der Waals surface area contributed by atoms with Gasteiger partial charge in [-0.15, -0.1) is 0 Å². The van der Waals surface area contributed by atoms with E-state index in [1.165, 1.54) is 11.4 Å². The molecule has 0 unspecified atom stereocenters. The Kier molecular flexibility index (Phi) is 5.91. The SMILES string of the molecule is CC(C)OCCS(=O)(=O)N(C)c1cccc(C(N)=S)c1. The molecule has 0 bridgehead atoms. The Labute approximate surface area is 125 Å². The van der Waals surface area contributed by atoms with Crippen molar-refractivity contribution in [1.29, 1.82) is 0 Å². The number of ether oxygens (including phenoxy) is 1. The maximum atomic E-state index is 12.2. The van der Waals surface area contributed by atoms with Gasteiger partial charge >= 0.3 is 0 Å². The Morgan fingerprint density at radius 1 is 1.45 bits per heavy atom. The van der Waals surface area contributed by atoms with Crippen molar-refractivity contribution in [2.24, 2.45) is 5.73 Å². The molecular formula is C13H20N2O3S2. The van der Waals surface area contributed by atoms with Crippen molar-refractivity contribution in [3.63, 3.8) is 0 Å². The van der Waals surface area contributed by atoms with Crippen LogP contribution in [-0.2, 0) is 14.8 Å². The van der Waals surface area contributed by atoms with Crippen molar-refractivity contribution < 1.29 is 13.2 Å². The monoisotopic (exact) mass is 316 g/mol. The fraction of sp³-hybridized carbons (Fsp3) is 0.462. The molecular weight excluding hydrogens is 296 g/mol. The third-order valence-corrected chi connectivity index (χ3v) is 4.67. The van der Waals surface area contributed by atoms with Crippen LogP contribution < -0.4 is 10.0 Å². The Morgan fingerprint density at radius 2 is 2.10 bits per heavy atom. The molecule has 0 saturated carbocycles. The molecule has 7 heteroatoms. The minimum atomic E-state index is -3.43. The summed E-state index contributed by atoms with van der Waals surface area (Å²) in [4.78, 5) is 0.237. The maximum Gasteiger partial charge on any atom is 0.237 e. The van der Waals surface area contributed by atoms with Crippen LogP contribution in [0, 0.1) is 0 Å². The molecule has 0 aliphatic rings. The van der Waals surface area contributed by atoms with Crippen molar-refractivity contribution in [2.45, 2.75) is 20.0 Å². The van der Waals surface area contributed by atoms with Gasteiger partial charge in [-0.2, -0.15) is 0 Å². The zero-order valence-corrected chi connectivity index (χ0v) is 13.5. The lowest BCUT2D eigenvalue weighted by Crippen LogP contribution is -2.31. The van der Waals surface area contributed by atoms with Crippen LogP contribution in [0.1, 0.15) is 19.4 Å². The summed E-state index contributed by atoms with van der Waals surface area (Å²) in [5.74, 6) is -0.0705. The van der Waals surface area contributed by atoms with Crippen LogP contribution in [0.4, 0.5) is 5.69 Å². The lowest BCUT2D eigenvalue weighted by molar-refractivity contribution is 0.0912. The molecule has 2 N–H and O–H groups in total. The van der Waals surface area contributed by atoms with Gasteiger partial charge in [-0.25, -0.2) is 8.42 Å². The highest BCUT2D eigenvalue weighted by atomic mass is 32.2. The predicted octanol–water partition coefficient (Wildman–Crippen LogP) is 1.51. The second kappa shape index (κ2) is 7.01. The molecule has 0 amide bonds. The van der Waals surface area contributed by atoms with E-state index in [2.05, 4.69) is 0 Å². The molecule has 0 fully saturated rings. The second-order valence-electron chi connectivity index (χ2n) is 4.62. The molecule has 0 atom stereocenters. The van der Waals surface area contributed by atoms with E-state index in [0.29, 0.717) is 11.3 Å². The third kappa shape index (κ3) is 4.73. The Balaban J connectivity index is 2.85. The minimum absolute atomic E-state index is 0.00782. The first kappa shape index (κ1) is 16.9. The number of nitrogens with zero attached hydrogens (tertiary/aromatic N) is 1. The molecule has 112 valence electrons. The van der Waals surface area contributed by atoms with Gasteiger partial charge in [0.15, 0.2) is 0 Å². The molecule has 0 heterocycles. The summed E-state index contributed by atoms with van der Waals surface area (Å²) in [7, 11) is -1.92. The van der Waals surface area contributed by atoms with Crippen molar-refractivity contribution in [3.05, 3.63) is 29.8 Å². The quantitative estimate of drug-likeness (QED) is 0.772. The van der Waals surface area contributed by atoms with Crippen molar-refractivity contribution in [3.8, 4) is 0 Å². The lowest BCUT2D eigenvalue weighted by Gasteiger charge is -2.20. The topological polar surface area (TPSA) is 72.6 Å². The summed E-state index contributed by atoms with van der Waals surface area (Å²) in [6.07, 6.45) is 0.00782. The second-order valence-corrected chi connectivity index (χ2v) is 7.18. The lowest BCUT2D eigenvalue weighted by atomic mass is 10.2. The van der Waals surface area contributed by atoms with Crippen LogP contribution in [0.3, 0.4) is 0 Å². The van der Waals surface area contributed by atoms with E-state index in [-0.39, 0.29) is 23.5 Å². The van der Waals surface area contributed by atoms with Crippen LogP contribution in [0.2, 0.25) is 0 Å². The van der Waals surface area contributed by atoms with Crippen molar-refractivity contribution in [2.75, 3.05) is 23.7 Å². The first-order valence-corrected chi connectivity index (χ1v) is 8.24. The number of thiocarbonyl (C=S) groups is 1. The average molecular weight is 316 g/mol. The molecule has 5 nitrogen and oxygen atoms in total. The maximum absolute atomic E-state index is 12.2. The summed E-state index contributed by atoms with van der Waals surface area (Å²) >= 11 is 4.89. The molecule has 0 aliphatic heterocycles. The Bertz CT molecular complexity index is 571. The molecule has 0 radical (unpaired) electrons. The fourth-order valence-electron chi connectivity index (χ4n) is 1.54. The van der Waals surface area contributed by atoms with Gasteiger partial charge in [-0.1, -0.05) is 24.4 Å². The Morgan fingerprint density at radius 3 is 2.65 bits per heavy atom. The first-order valence-electron chi connectivity index (χ1n) is 6.22. The number of benzene rings is 1. The molecule has 1 rings (SSSR count). The number of hydrogen-bond acceptors (Lipinski definition) is 4. The van der Waals surface area contributed by atoms with Gasteiger partial charge in [0.05, 0.1) is 24.2 Å². The summed E-state index contributed by atoms with van der Waals surface area (Å²) < 4.78 is 30.9. The summed E-state index contributed by atoms with van der Waals surface area (Å²) in [6, 6.07) is 6.82. The van der Waals surface area contributed by atoms with Gasteiger partial charge in [0.2, 0.25) is 10.0 Å². The van der Waals surface area contributed by atoms with Gasteiger partial charge in [-0.05, 0) is 26.0 Å². The average Bonchev–Trinajstić information content (AvgIpc) is 2.37. The molecule has 1 aromatic rings. The van der Waals surface area contributed by atoms with Gasteiger partial charge < -0.3 is 10.5 Å². The van der Waals surface area contributed by atoms with Gasteiger partial charge in [0.25, 0.3) is 0 Å². The summed E-state index contributed by atoms with van der Waals surface area (Å²) in [5, 5.41) is 0. The molecule has 0 aromatic heterocycles. The van der Waals surface area contributed by atoms with E-state index in [9.17, 15) is 8.42 Å². The highest BCUT2D eigenvalue weighted by Gasteiger charge is 2.18. The zero-order chi connectivity index (χ0) is 15.3. The van der Waals surface area contributed by atoms with Crippen LogP contribution in [0.15, 0.2) is 24.3 Å². The van der Waals surface area contributed by atoms with E-state index in [1.54, 1.807) is 24.3 Å². The third-order valence-electron chi connectivity index (χ3n) is 2.70. The molecule has 0 aliphatic carbocycles. The van der Waals surface area contributed by atoms with E-state index in [0.717, 1.165) is 0 Å². The van der Waals surface area contributed by atoms with E-state index >= 15 is 0 Å². The Hall–Kier alpha value is -1.18. The van der Waals surface area contributed by atoms with Gasteiger partial charge in [-0.3, -0.25) is 4.31 Å². The normalized spacial score (nSPS) is 11.6. The van der Waals surface area contributed by atoms with Crippen molar-refractivity contribution >= 4 is 32.9 Å². The minimum Gasteiger partial charge on any atom is -0.389 e. The predicted molar refractivity (Wildman–Crippen MR) is 85.6 cm³/mol. The number of sulfonamides is 1. The molecule has 0 spiro atoms. The molecule has 1 aromatic carbocycles. The van der Waals surface area contributed by atoms with Crippen LogP contribution in [0.25, 0.3) is 0 Å². The zero-order valence-electron chi connectivity index (χ0n) is 11.9. The van der Waals surface area contributed by atoms with E-state index in [1.807, 2.05) is 13.8 Å². The van der Waals surface area contributed by atoms with Crippen LogP contribution >= 0.6 is 12.2 Å². The van der Waals surface area contributed by atoms with Crippen LogP contribution in [-0.4, -0.2) is 38.9 Å². The van der Waals surface area contributed by atoms with E-state index < -0.39 is 10.0 Å². The number of anilines is 1. The number of rotatable bonds is 7. The van der Waals surface area contributed by atoms with Crippen LogP contribution in [0.5, 0.6) is 0 Å². The molecule has 0 saturated heterocycles. The number of nitrogens with two attached hydrogens (primary N) is 1. The standard InChI is InChI=1S/C13H20N2O3S2/c1-10(2)18-7-8-20(16,17)15(3)12-6-4-5-11(9-12)13(14)19/h4-6,9-10H,7-8H2,1-3H3,(H2,14,19). The highest BCUT2D eigenvalue weighted by Crippen LogP contribution is 2.18. The van der Waals surface area contributed by atoms with Gasteiger partial charge in [0, 0.05) is 12.6 Å². The molecule has 20 heavy (non-hydrogen) atoms. The van der Waals surface area contributed by atoms with Gasteiger partial charge in [0.1, 0.15) is 4.99 Å². The largest absolute Gasteiger partial charge is 0.389 e. The van der Waals surface area contributed by atoms with E-state index in [4.69, 9.17) is 22.7 Å². The highest BCUT2D eigenvalue weighted by molar-refractivity contribution is 7.92. The number of hydrogen-bond donors (Lipinski definition) is 1. The smallest absolute Gasteiger partial charge is 0.237 e. The van der Waals surface area contributed by atoms with Crippen molar-refractivity contribution in [1.82, 2.24) is 0 Å². The summed E-state index contributed by atoms with van der Waals surface area (Å²) in [6.45, 7) is 3.89.